The molecule has 0 radical (unpaired) electrons. The zero-order valence-corrected chi connectivity index (χ0v) is 25.2. The van der Waals surface area contributed by atoms with Crippen molar-refractivity contribution in [2.75, 3.05) is 17.5 Å². The monoisotopic (exact) mass is 612 g/mol. The largest absolute Gasteiger partial charge is 0.477 e. The van der Waals surface area contributed by atoms with Gasteiger partial charge in [-0.25, -0.2) is 13.2 Å². The fraction of sp³-hybridized carbons (Fsp3) is 0.548. The molecule has 2 aromatic carbocycles. The van der Waals surface area contributed by atoms with Gasteiger partial charge >= 0.3 is 5.97 Å². The van der Waals surface area contributed by atoms with E-state index >= 15 is 0 Å². The summed E-state index contributed by atoms with van der Waals surface area (Å²) in [6.07, 6.45) is 8.94. The first kappa shape index (κ1) is 28.2. The van der Waals surface area contributed by atoms with Crippen LogP contribution in [-0.2, 0) is 26.0 Å². The van der Waals surface area contributed by atoms with Gasteiger partial charge in [0.15, 0.2) is 0 Å². The molecule has 0 spiro atoms. The number of carboxylic acid groups (broad SMARTS) is 1. The molecule has 1 amide bonds. The van der Waals surface area contributed by atoms with Crippen LogP contribution in [0.15, 0.2) is 45.8 Å². The second kappa shape index (κ2) is 9.70. The predicted octanol–water partition coefficient (Wildman–Crippen LogP) is 4.21. The first-order valence-corrected chi connectivity index (χ1v) is 17.2. The Kier molecular flexibility index (Phi) is 6.51. The Hall–Kier alpha value is -2.60. The number of amides is 1. The second-order valence-electron chi connectivity index (χ2n) is 13.0. The first-order chi connectivity index (χ1) is 20.0. The highest BCUT2D eigenvalue weighted by atomic mass is 32.2. The van der Waals surface area contributed by atoms with Crippen molar-refractivity contribution in [3.8, 4) is 0 Å². The van der Waals surface area contributed by atoms with Crippen LogP contribution in [0.1, 0.15) is 63.9 Å². The summed E-state index contributed by atoms with van der Waals surface area (Å²) in [5.74, 6) is -2.46. The van der Waals surface area contributed by atoms with Gasteiger partial charge < -0.3 is 15.3 Å². The number of benzene rings is 2. The van der Waals surface area contributed by atoms with Crippen molar-refractivity contribution in [2.45, 2.75) is 81.1 Å². The van der Waals surface area contributed by atoms with Crippen LogP contribution in [0.4, 0.5) is 5.69 Å². The third-order valence-electron chi connectivity index (χ3n) is 10.8. The van der Waals surface area contributed by atoms with E-state index in [1.165, 1.54) is 35.4 Å². The van der Waals surface area contributed by atoms with Gasteiger partial charge in [-0.1, -0.05) is 30.0 Å². The Morgan fingerprint density at radius 2 is 1.79 bits per heavy atom. The molecule has 8 rings (SSSR count). The molecule has 2 bridgehead atoms. The number of rotatable bonds is 9. The Bertz CT molecular complexity index is 1630. The molecule has 11 heteroatoms. The number of β-lactam (4-membered cyclic amide) rings is 1. The van der Waals surface area contributed by atoms with Crippen molar-refractivity contribution in [2.24, 2.45) is 16.7 Å². The Morgan fingerprint density at radius 1 is 1.10 bits per heavy atom. The van der Waals surface area contributed by atoms with Crippen LogP contribution in [0.5, 0.6) is 0 Å². The van der Waals surface area contributed by atoms with Gasteiger partial charge in [0.25, 0.3) is 10.0 Å². The minimum absolute atomic E-state index is 0.190. The molecule has 3 heterocycles. The lowest BCUT2D eigenvalue weighted by molar-refractivity contribution is -0.156. The molecule has 3 N–H and O–H groups in total. The number of hydrogen-bond donors (Lipinski definition) is 3. The first-order valence-electron chi connectivity index (χ1n) is 14.8. The Morgan fingerprint density at radius 3 is 2.43 bits per heavy atom. The number of anilines is 1. The zero-order chi connectivity index (χ0) is 29.6. The topological polar surface area (TPSA) is 135 Å². The van der Waals surface area contributed by atoms with E-state index in [1.54, 1.807) is 12.1 Å². The van der Waals surface area contributed by atoms with E-state index in [0.717, 1.165) is 61.2 Å². The lowest BCUT2D eigenvalue weighted by atomic mass is 9.51. The van der Waals surface area contributed by atoms with E-state index in [4.69, 9.17) is 0 Å². The van der Waals surface area contributed by atoms with Crippen LogP contribution in [0.2, 0.25) is 0 Å². The fourth-order valence-electron chi connectivity index (χ4n) is 8.35. The van der Waals surface area contributed by atoms with E-state index < -0.39 is 39.3 Å². The van der Waals surface area contributed by atoms with E-state index in [-0.39, 0.29) is 29.2 Å². The molecule has 3 unspecified atom stereocenters. The van der Waals surface area contributed by atoms with Crippen LogP contribution in [0, 0.1) is 16.7 Å². The van der Waals surface area contributed by atoms with Gasteiger partial charge in [-0.05, 0) is 98.6 Å². The number of sulfonamides is 1. The Labute approximate surface area is 249 Å². The van der Waals surface area contributed by atoms with Crippen LogP contribution < -0.4 is 4.31 Å². The second-order valence-corrected chi connectivity index (χ2v) is 16.0. The summed E-state index contributed by atoms with van der Waals surface area (Å²) in [4.78, 5) is 26.6. The summed E-state index contributed by atoms with van der Waals surface area (Å²) in [6, 6.07) is 9.30. The lowest BCUT2D eigenvalue weighted by Crippen LogP contribution is -2.60. The number of aliphatic hydroxyl groups is 2. The van der Waals surface area contributed by atoms with Gasteiger partial charge in [-0.2, -0.15) is 0 Å². The van der Waals surface area contributed by atoms with Crippen LogP contribution in [0.3, 0.4) is 0 Å². The maximum Gasteiger partial charge on any atom is 0.353 e. The molecule has 4 fully saturated rings. The Balaban J connectivity index is 1.20. The number of carbonyl (C=O) groups is 2. The van der Waals surface area contributed by atoms with Crippen molar-refractivity contribution >= 4 is 50.1 Å². The van der Waals surface area contributed by atoms with Crippen molar-refractivity contribution in [3.63, 3.8) is 0 Å². The molecule has 3 aliphatic carbocycles. The molecular weight excluding hydrogens is 576 g/mol. The molecule has 42 heavy (non-hydrogen) atoms. The van der Waals surface area contributed by atoms with Crippen LogP contribution in [0.25, 0.3) is 10.8 Å². The third-order valence-corrected chi connectivity index (χ3v) is 13.9. The normalized spacial score (nSPS) is 31.5. The molecule has 6 aliphatic rings. The zero-order valence-electron chi connectivity index (χ0n) is 23.6. The highest BCUT2D eigenvalue weighted by molar-refractivity contribution is 8.04. The van der Waals surface area contributed by atoms with E-state index in [0.29, 0.717) is 21.4 Å². The van der Waals surface area contributed by atoms with Gasteiger partial charge in [0.05, 0.1) is 29.1 Å². The molecule has 2 aromatic rings. The average Bonchev–Trinajstić information content (AvgIpc) is 3.40. The summed E-state index contributed by atoms with van der Waals surface area (Å²) < 4.78 is 29.1. The molecule has 9 nitrogen and oxygen atoms in total. The number of aliphatic carboxylic acids is 1. The van der Waals surface area contributed by atoms with E-state index in [1.807, 2.05) is 18.2 Å². The van der Waals surface area contributed by atoms with Crippen LogP contribution in [-0.4, -0.2) is 65.1 Å². The van der Waals surface area contributed by atoms with Crippen molar-refractivity contribution in [1.29, 1.82) is 0 Å². The quantitative estimate of drug-likeness (QED) is 0.359. The molecule has 3 aliphatic heterocycles. The van der Waals surface area contributed by atoms with E-state index in [9.17, 15) is 33.3 Å². The molecule has 3 atom stereocenters. The minimum Gasteiger partial charge on any atom is -0.477 e. The maximum atomic E-state index is 13.9. The summed E-state index contributed by atoms with van der Waals surface area (Å²) >= 11 is 1.15. The highest BCUT2D eigenvalue weighted by Crippen LogP contribution is 2.60. The summed E-state index contributed by atoms with van der Waals surface area (Å²) in [5.41, 5.74) is 2.06. The number of hydrogen-bond acceptors (Lipinski definition) is 7. The van der Waals surface area contributed by atoms with Gasteiger partial charge in [0, 0.05) is 16.9 Å². The number of carbonyl (C=O) groups excluding carboxylic acids is 1. The molecule has 3 saturated carbocycles. The SMILES string of the molecule is CC(O)C1C(=O)N2C(C(=O)O)=C(CN3c4ccc(CC56CCC(CCCO)(CC5)CC6)c5cccc(c45)S3(=O)=O)SC12. The molecule has 1 saturated heterocycles. The van der Waals surface area contributed by atoms with Gasteiger partial charge in [0.1, 0.15) is 11.1 Å². The number of nitrogens with zero attached hydrogens (tertiary/aromatic N) is 2. The molecule has 0 aromatic heterocycles. The third kappa shape index (κ3) is 3.99. The van der Waals surface area contributed by atoms with Gasteiger partial charge in [0.2, 0.25) is 5.91 Å². The average molecular weight is 613 g/mol. The predicted molar refractivity (Wildman–Crippen MR) is 159 cm³/mol. The van der Waals surface area contributed by atoms with Gasteiger partial charge in [-0.15, -0.1) is 0 Å². The molecular formula is C31H36N2O7S2. The van der Waals surface area contributed by atoms with Crippen molar-refractivity contribution in [3.05, 3.63) is 46.5 Å². The highest BCUT2D eigenvalue weighted by Gasteiger charge is 2.58. The maximum absolute atomic E-state index is 13.9. The number of fused-ring (bicyclic) bond motifs is 4. The summed E-state index contributed by atoms with van der Waals surface area (Å²) in [6.45, 7) is 1.57. The van der Waals surface area contributed by atoms with Crippen molar-refractivity contribution < 1.29 is 33.3 Å². The lowest BCUT2D eigenvalue weighted by Gasteiger charge is -2.54. The summed E-state index contributed by atoms with van der Waals surface area (Å²) in [5, 5.41) is 30.4. The summed E-state index contributed by atoms with van der Waals surface area (Å²) in [7, 11) is -3.95. The van der Waals surface area contributed by atoms with Crippen LogP contribution >= 0.6 is 11.8 Å². The smallest absolute Gasteiger partial charge is 0.353 e. The number of carboxylic acids is 1. The number of thioether (sulfide) groups is 1. The van der Waals surface area contributed by atoms with Gasteiger partial charge in [-0.3, -0.25) is 14.0 Å². The number of aliphatic hydroxyl groups excluding tert-OH is 2. The fourth-order valence-corrected chi connectivity index (χ4v) is 11.7. The molecule has 224 valence electrons. The minimum atomic E-state index is -3.95. The standard InChI is InChI=1S/C31H36N2O7S2/c1-18(35)24-27(36)33-26(29(37)38)22(41-28(24)33)17-32-21-7-6-19(20-4-2-5-23(25(20)21)42(32,39)40)16-31-12-9-30(10-13-31,11-14-31)8-3-15-34/h2,4-7,18,24,28,34-35H,3,8-17H2,1H3,(H,37,38). The van der Waals surface area contributed by atoms with Crippen molar-refractivity contribution in [1.82, 2.24) is 4.90 Å². The van der Waals surface area contributed by atoms with E-state index in [2.05, 4.69) is 0 Å².